The summed E-state index contributed by atoms with van der Waals surface area (Å²) in [6, 6.07) is 4.14. The summed E-state index contributed by atoms with van der Waals surface area (Å²) in [4.78, 5) is 0. The third kappa shape index (κ3) is 1.44. The summed E-state index contributed by atoms with van der Waals surface area (Å²) >= 11 is 0. The SMILES string of the molecule is [Si].c1cc[pH]c1. The van der Waals surface area contributed by atoms with Crippen molar-refractivity contribution in [1.29, 1.82) is 0 Å². The second-order valence-corrected chi connectivity index (χ2v) is 1.88. The summed E-state index contributed by atoms with van der Waals surface area (Å²) in [5.41, 5.74) is 0. The van der Waals surface area contributed by atoms with Gasteiger partial charge >= 0.3 is 0 Å². The van der Waals surface area contributed by atoms with E-state index < -0.39 is 0 Å². The van der Waals surface area contributed by atoms with Crippen molar-refractivity contribution in [1.82, 2.24) is 0 Å². The van der Waals surface area contributed by atoms with E-state index in [9.17, 15) is 0 Å². The van der Waals surface area contributed by atoms with Crippen molar-refractivity contribution in [2.24, 2.45) is 0 Å². The summed E-state index contributed by atoms with van der Waals surface area (Å²) in [5.74, 6) is 4.31. The average Bonchev–Trinajstić information content (AvgIpc) is 1.76. The van der Waals surface area contributed by atoms with Gasteiger partial charge in [-0.2, -0.15) is 0 Å². The van der Waals surface area contributed by atoms with Crippen molar-refractivity contribution in [3.8, 4) is 0 Å². The van der Waals surface area contributed by atoms with Crippen LogP contribution in [0.15, 0.2) is 23.7 Å². The summed E-state index contributed by atoms with van der Waals surface area (Å²) in [6.07, 6.45) is 0. The topological polar surface area (TPSA) is 0 Å². The molecule has 0 atom stereocenters. The van der Waals surface area contributed by atoms with Crippen molar-refractivity contribution in [2.45, 2.75) is 0 Å². The molecule has 0 aliphatic carbocycles. The van der Waals surface area contributed by atoms with Gasteiger partial charge in [-0.15, -0.1) is 8.19 Å². The van der Waals surface area contributed by atoms with E-state index in [2.05, 4.69) is 23.7 Å². The highest BCUT2D eigenvalue weighted by molar-refractivity contribution is 7.28. The molecule has 30 valence electrons. The Bertz CT molecular complexity index is 64.0. The highest BCUT2D eigenvalue weighted by Gasteiger charge is 1.57. The Labute approximate surface area is 43.7 Å². The van der Waals surface area contributed by atoms with Crippen LogP contribution in [0.3, 0.4) is 0 Å². The van der Waals surface area contributed by atoms with Crippen LogP contribution in [0, 0.1) is 0 Å². The van der Waals surface area contributed by atoms with Gasteiger partial charge in [0.15, 0.2) is 0 Å². The van der Waals surface area contributed by atoms with Crippen LogP contribution in [-0.2, 0) is 0 Å². The highest BCUT2D eigenvalue weighted by atomic mass is 31.0. The van der Waals surface area contributed by atoms with Gasteiger partial charge in [0.05, 0.1) is 0 Å². The van der Waals surface area contributed by atoms with Gasteiger partial charge in [0, 0.05) is 11.0 Å². The van der Waals surface area contributed by atoms with E-state index in [1.807, 2.05) is 0 Å². The molecule has 0 nitrogen and oxygen atoms in total. The van der Waals surface area contributed by atoms with Crippen LogP contribution >= 0.6 is 8.19 Å². The minimum absolute atomic E-state index is 0. The van der Waals surface area contributed by atoms with Crippen molar-refractivity contribution in [2.75, 3.05) is 0 Å². The average molecular weight is 112 g/mol. The van der Waals surface area contributed by atoms with Gasteiger partial charge < -0.3 is 0 Å². The monoisotopic (exact) mass is 112 g/mol. The molecule has 0 aromatic carbocycles. The van der Waals surface area contributed by atoms with Crippen LogP contribution in [0.5, 0.6) is 0 Å². The Kier molecular flexibility index (Phi) is 3.20. The van der Waals surface area contributed by atoms with Crippen LogP contribution in [0.4, 0.5) is 0 Å². The molecule has 0 saturated heterocycles. The molecule has 6 heavy (non-hydrogen) atoms. The van der Waals surface area contributed by atoms with Crippen molar-refractivity contribution in [3.05, 3.63) is 23.7 Å². The molecule has 0 bridgehead atoms. The number of hydrogen-bond acceptors (Lipinski definition) is 0. The molecule has 1 rings (SSSR count). The molecule has 1 heterocycles. The summed E-state index contributed by atoms with van der Waals surface area (Å²) in [6.45, 7) is 0. The molecule has 1 aromatic heterocycles. The van der Waals surface area contributed by atoms with E-state index in [1.165, 1.54) is 0 Å². The van der Waals surface area contributed by atoms with Crippen LogP contribution in [0.1, 0.15) is 0 Å². The fourth-order valence-electron chi connectivity index (χ4n) is 0.278. The van der Waals surface area contributed by atoms with Crippen LogP contribution < -0.4 is 0 Å². The first kappa shape index (κ1) is 6.00. The fourth-order valence-corrected chi connectivity index (χ4v) is 0.833. The molecule has 0 spiro atoms. The third-order valence-corrected chi connectivity index (χ3v) is 1.27. The minimum atomic E-state index is 0. The van der Waals surface area contributed by atoms with Gasteiger partial charge in [-0.25, -0.2) is 0 Å². The van der Waals surface area contributed by atoms with E-state index in [0.717, 1.165) is 8.19 Å². The van der Waals surface area contributed by atoms with E-state index in [-0.39, 0.29) is 11.0 Å². The summed E-state index contributed by atoms with van der Waals surface area (Å²) < 4.78 is 0. The maximum atomic E-state index is 2.15. The molecule has 0 N–H and O–H groups in total. The highest BCUT2D eigenvalue weighted by Crippen LogP contribution is 1.99. The lowest BCUT2D eigenvalue weighted by molar-refractivity contribution is 2.03. The van der Waals surface area contributed by atoms with Crippen molar-refractivity contribution >= 4 is 19.2 Å². The van der Waals surface area contributed by atoms with Gasteiger partial charge in [-0.3, -0.25) is 0 Å². The molecule has 0 aliphatic heterocycles. The van der Waals surface area contributed by atoms with Crippen LogP contribution in [0.25, 0.3) is 0 Å². The molecular weight excluding hydrogens is 107 g/mol. The largest absolute Gasteiger partial charge is 0.140 e. The predicted octanol–water partition coefficient (Wildman–Crippen LogP) is 1.34. The predicted molar refractivity (Wildman–Crippen MR) is 31.7 cm³/mol. The number of hydrogen-bond donors (Lipinski definition) is 0. The zero-order valence-electron chi connectivity index (χ0n) is 3.31. The van der Waals surface area contributed by atoms with E-state index in [0.29, 0.717) is 0 Å². The van der Waals surface area contributed by atoms with Crippen LogP contribution in [0.2, 0.25) is 0 Å². The first-order valence-electron chi connectivity index (χ1n) is 1.58. The molecule has 2 heteroatoms. The van der Waals surface area contributed by atoms with Gasteiger partial charge in [-0.1, -0.05) is 12.1 Å². The first-order chi connectivity index (χ1) is 2.50. The van der Waals surface area contributed by atoms with Gasteiger partial charge in [0.2, 0.25) is 0 Å². The molecule has 4 radical (unpaired) electrons. The van der Waals surface area contributed by atoms with Gasteiger partial charge in [0.25, 0.3) is 0 Å². The Morgan fingerprint density at radius 3 is 1.67 bits per heavy atom. The van der Waals surface area contributed by atoms with Crippen LogP contribution in [-0.4, -0.2) is 11.0 Å². The molecule has 0 unspecified atom stereocenters. The van der Waals surface area contributed by atoms with Crippen molar-refractivity contribution < 1.29 is 0 Å². The number of rotatable bonds is 0. The standard InChI is InChI=1S/C4H5P.Si/c1-2-4-5-3-1;/h1-5H;. The molecule has 0 aliphatic rings. The van der Waals surface area contributed by atoms with E-state index in [1.54, 1.807) is 0 Å². The maximum Gasteiger partial charge on any atom is 0 e. The van der Waals surface area contributed by atoms with Gasteiger partial charge in [-0.05, 0) is 11.6 Å². The normalized spacial score (nSPS) is 6.67. The molecule has 0 amide bonds. The van der Waals surface area contributed by atoms with E-state index >= 15 is 0 Å². The molecule has 0 fully saturated rings. The summed E-state index contributed by atoms with van der Waals surface area (Å²) in [7, 11) is 0.948. The minimum Gasteiger partial charge on any atom is -0.140 e. The Hall–Kier alpha value is -0.00312. The third-order valence-electron chi connectivity index (χ3n) is 0.496. The Balaban J connectivity index is 0.000000250. The zero-order chi connectivity index (χ0) is 3.54. The maximum absolute atomic E-state index is 2.15. The summed E-state index contributed by atoms with van der Waals surface area (Å²) in [5, 5.41) is 0. The lowest BCUT2D eigenvalue weighted by atomic mass is 10.7. The first-order valence-corrected chi connectivity index (χ1v) is 2.73. The second kappa shape index (κ2) is 3.20. The Morgan fingerprint density at radius 2 is 1.50 bits per heavy atom. The quantitative estimate of drug-likeness (QED) is 0.444. The lowest BCUT2D eigenvalue weighted by Gasteiger charge is -1.41. The molecule has 1 aromatic rings. The van der Waals surface area contributed by atoms with Crippen molar-refractivity contribution in [3.63, 3.8) is 0 Å². The molecular formula is C4H5PSi. The molecule has 0 saturated carbocycles. The Morgan fingerprint density at radius 1 is 1.00 bits per heavy atom. The zero-order valence-corrected chi connectivity index (χ0v) is 5.31. The lowest BCUT2D eigenvalue weighted by Crippen LogP contribution is -1.16. The van der Waals surface area contributed by atoms with E-state index in [4.69, 9.17) is 0 Å². The smallest absolute Gasteiger partial charge is 0 e. The second-order valence-electron chi connectivity index (χ2n) is 0.885. The fraction of sp³-hybridized carbons (Fsp3) is 0. The van der Waals surface area contributed by atoms with Gasteiger partial charge in [0.1, 0.15) is 0 Å².